The lowest BCUT2D eigenvalue weighted by atomic mass is 9.98. The van der Waals surface area contributed by atoms with E-state index in [1.165, 1.54) is 25.1 Å². The van der Waals surface area contributed by atoms with Crippen molar-refractivity contribution in [2.45, 2.75) is 13.3 Å². The summed E-state index contributed by atoms with van der Waals surface area (Å²) in [4.78, 5) is 23.0. The molecule has 0 amide bonds. The summed E-state index contributed by atoms with van der Waals surface area (Å²) in [6.45, 7) is 1.54. The predicted octanol–water partition coefficient (Wildman–Crippen LogP) is 2.02. The molecule has 0 bridgehead atoms. The van der Waals surface area contributed by atoms with Crippen LogP contribution in [-0.2, 0) is 9.53 Å². The zero-order valence-corrected chi connectivity index (χ0v) is 10.1. The lowest BCUT2D eigenvalue weighted by Crippen LogP contribution is -2.18. The molecule has 0 aromatic heterocycles. The second-order valence-electron chi connectivity index (χ2n) is 3.80. The first-order valence-electron chi connectivity index (χ1n) is 5.26. The SMILES string of the molecule is COC(=O)C(C#N)CC(=O)c1ccc(F)c(C)c1. The third-order valence-corrected chi connectivity index (χ3v) is 2.51. The Morgan fingerprint density at radius 3 is 2.67 bits per heavy atom. The highest BCUT2D eigenvalue weighted by atomic mass is 19.1. The number of nitriles is 1. The fraction of sp³-hybridized carbons (Fsp3) is 0.308. The molecule has 0 N–H and O–H groups in total. The van der Waals surface area contributed by atoms with Gasteiger partial charge in [0.15, 0.2) is 11.7 Å². The number of esters is 1. The number of halogens is 1. The van der Waals surface area contributed by atoms with E-state index < -0.39 is 23.5 Å². The number of nitrogens with zero attached hydrogens (tertiary/aromatic N) is 1. The van der Waals surface area contributed by atoms with E-state index in [2.05, 4.69) is 4.74 Å². The van der Waals surface area contributed by atoms with E-state index in [1.54, 1.807) is 6.07 Å². The van der Waals surface area contributed by atoms with Gasteiger partial charge in [-0.15, -0.1) is 0 Å². The molecule has 1 rings (SSSR count). The second-order valence-corrected chi connectivity index (χ2v) is 3.80. The minimum absolute atomic E-state index is 0.270. The molecule has 5 heteroatoms. The highest BCUT2D eigenvalue weighted by molar-refractivity contribution is 5.98. The molecule has 0 saturated heterocycles. The van der Waals surface area contributed by atoms with Crippen LogP contribution in [0.5, 0.6) is 0 Å². The molecule has 0 spiro atoms. The maximum absolute atomic E-state index is 13.0. The molecule has 0 saturated carbocycles. The Morgan fingerprint density at radius 2 is 2.17 bits per heavy atom. The molecule has 94 valence electrons. The van der Waals surface area contributed by atoms with Crippen LogP contribution in [0.15, 0.2) is 18.2 Å². The first-order valence-corrected chi connectivity index (χ1v) is 5.26. The molecule has 0 fully saturated rings. The largest absolute Gasteiger partial charge is 0.468 e. The fourth-order valence-corrected chi connectivity index (χ4v) is 1.45. The van der Waals surface area contributed by atoms with Gasteiger partial charge in [0.1, 0.15) is 5.82 Å². The van der Waals surface area contributed by atoms with Gasteiger partial charge in [0, 0.05) is 12.0 Å². The van der Waals surface area contributed by atoms with Crippen LogP contribution in [0.1, 0.15) is 22.3 Å². The molecule has 4 nitrogen and oxygen atoms in total. The molecule has 1 aromatic rings. The van der Waals surface area contributed by atoms with Gasteiger partial charge < -0.3 is 4.74 Å². The molecule has 0 aliphatic heterocycles. The molecule has 0 heterocycles. The first kappa shape index (κ1) is 13.8. The lowest BCUT2D eigenvalue weighted by molar-refractivity contribution is -0.143. The number of hydrogen-bond acceptors (Lipinski definition) is 4. The van der Waals surface area contributed by atoms with Gasteiger partial charge in [-0.2, -0.15) is 5.26 Å². The van der Waals surface area contributed by atoms with Crippen molar-refractivity contribution >= 4 is 11.8 Å². The summed E-state index contributed by atoms with van der Waals surface area (Å²) < 4.78 is 17.4. The van der Waals surface area contributed by atoms with Crippen molar-refractivity contribution in [1.82, 2.24) is 0 Å². The van der Waals surface area contributed by atoms with Crippen molar-refractivity contribution in [2.24, 2.45) is 5.92 Å². The fourth-order valence-electron chi connectivity index (χ4n) is 1.45. The maximum Gasteiger partial charge on any atom is 0.323 e. The van der Waals surface area contributed by atoms with Crippen LogP contribution in [0.2, 0.25) is 0 Å². The van der Waals surface area contributed by atoms with Crippen LogP contribution in [0, 0.1) is 30.0 Å². The van der Waals surface area contributed by atoms with Gasteiger partial charge >= 0.3 is 5.97 Å². The van der Waals surface area contributed by atoms with E-state index >= 15 is 0 Å². The van der Waals surface area contributed by atoms with Crippen molar-refractivity contribution in [3.8, 4) is 6.07 Å². The molecule has 0 aliphatic rings. The maximum atomic E-state index is 13.0. The van der Waals surface area contributed by atoms with E-state index in [-0.39, 0.29) is 12.0 Å². The molecular formula is C13H12FNO3. The number of benzene rings is 1. The standard InChI is InChI=1S/C13H12FNO3/c1-8-5-9(3-4-11(8)14)12(16)6-10(7-15)13(17)18-2/h3-5,10H,6H2,1-2H3. The van der Waals surface area contributed by atoms with Crippen molar-refractivity contribution in [1.29, 1.82) is 5.26 Å². The Labute approximate surface area is 104 Å². The van der Waals surface area contributed by atoms with Crippen molar-refractivity contribution in [2.75, 3.05) is 7.11 Å². The van der Waals surface area contributed by atoms with Crippen molar-refractivity contribution in [3.05, 3.63) is 35.1 Å². The number of Topliss-reactive ketones (excluding diaryl/α,β-unsaturated/α-hetero) is 1. The summed E-state index contributed by atoms with van der Waals surface area (Å²) in [5, 5.41) is 8.76. The summed E-state index contributed by atoms with van der Waals surface area (Å²) in [6.07, 6.45) is -0.270. The third-order valence-electron chi connectivity index (χ3n) is 2.51. The molecular weight excluding hydrogens is 237 g/mol. The number of carbonyl (C=O) groups is 2. The molecule has 0 aliphatic carbocycles. The monoisotopic (exact) mass is 249 g/mol. The summed E-state index contributed by atoms with van der Waals surface area (Å²) in [7, 11) is 1.15. The van der Waals surface area contributed by atoms with Gasteiger partial charge in [0.2, 0.25) is 0 Å². The van der Waals surface area contributed by atoms with E-state index in [4.69, 9.17) is 5.26 Å². The summed E-state index contributed by atoms with van der Waals surface area (Å²) in [5.74, 6) is -2.68. The van der Waals surface area contributed by atoms with Gasteiger partial charge in [0.25, 0.3) is 0 Å². The highest BCUT2D eigenvalue weighted by Crippen LogP contribution is 2.14. The molecule has 1 atom stereocenters. The quantitative estimate of drug-likeness (QED) is 0.604. The number of hydrogen-bond donors (Lipinski definition) is 0. The number of carbonyl (C=O) groups excluding carboxylic acids is 2. The number of ketones is 1. The summed E-state index contributed by atoms with van der Waals surface area (Å²) >= 11 is 0. The van der Waals surface area contributed by atoms with Crippen LogP contribution < -0.4 is 0 Å². The van der Waals surface area contributed by atoms with Crippen LogP contribution in [-0.4, -0.2) is 18.9 Å². The number of rotatable bonds is 4. The zero-order chi connectivity index (χ0) is 13.7. The second kappa shape index (κ2) is 5.92. The van der Waals surface area contributed by atoms with Crippen LogP contribution in [0.4, 0.5) is 4.39 Å². The van der Waals surface area contributed by atoms with E-state index in [0.717, 1.165) is 7.11 Å². The van der Waals surface area contributed by atoms with Gasteiger partial charge in [0.05, 0.1) is 13.2 Å². The van der Waals surface area contributed by atoms with Crippen LogP contribution >= 0.6 is 0 Å². The number of ether oxygens (including phenoxy) is 1. The van der Waals surface area contributed by atoms with Crippen LogP contribution in [0.3, 0.4) is 0 Å². The Hall–Kier alpha value is -2.22. The minimum atomic E-state index is -1.13. The van der Waals surface area contributed by atoms with Gasteiger partial charge in [-0.25, -0.2) is 4.39 Å². The lowest BCUT2D eigenvalue weighted by Gasteiger charge is -2.06. The topological polar surface area (TPSA) is 67.2 Å². The normalized spacial score (nSPS) is 11.4. The summed E-state index contributed by atoms with van der Waals surface area (Å²) in [6, 6.07) is 5.61. The molecule has 1 aromatic carbocycles. The minimum Gasteiger partial charge on any atom is -0.468 e. The van der Waals surface area contributed by atoms with Crippen molar-refractivity contribution < 1.29 is 18.7 Å². The van der Waals surface area contributed by atoms with E-state index in [1.807, 2.05) is 0 Å². The Morgan fingerprint density at radius 1 is 1.50 bits per heavy atom. The van der Waals surface area contributed by atoms with E-state index in [9.17, 15) is 14.0 Å². The third kappa shape index (κ3) is 3.14. The Balaban J connectivity index is 2.85. The molecule has 18 heavy (non-hydrogen) atoms. The average Bonchev–Trinajstić information content (AvgIpc) is 2.37. The molecule has 0 radical (unpaired) electrons. The first-order chi connectivity index (χ1) is 8.49. The smallest absolute Gasteiger partial charge is 0.323 e. The van der Waals surface area contributed by atoms with Crippen molar-refractivity contribution in [3.63, 3.8) is 0 Å². The average molecular weight is 249 g/mol. The van der Waals surface area contributed by atoms with Gasteiger partial charge in [-0.05, 0) is 30.7 Å². The number of aryl methyl sites for hydroxylation is 1. The zero-order valence-electron chi connectivity index (χ0n) is 10.1. The highest BCUT2D eigenvalue weighted by Gasteiger charge is 2.23. The van der Waals surface area contributed by atoms with Gasteiger partial charge in [-0.1, -0.05) is 0 Å². The van der Waals surface area contributed by atoms with Gasteiger partial charge in [-0.3, -0.25) is 9.59 Å². The molecule has 1 unspecified atom stereocenters. The predicted molar refractivity (Wildman–Crippen MR) is 61.2 cm³/mol. The Kier molecular flexibility index (Phi) is 4.55. The van der Waals surface area contributed by atoms with Crippen LogP contribution in [0.25, 0.3) is 0 Å². The Bertz CT molecular complexity index is 519. The van der Waals surface area contributed by atoms with E-state index in [0.29, 0.717) is 5.56 Å². The summed E-state index contributed by atoms with van der Waals surface area (Å²) in [5.41, 5.74) is 0.616. The number of methoxy groups -OCH3 is 1.